The van der Waals surface area contributed by atoms with Gasteiger partial charge in [0.1, 0.15) is 10.7 Å². The molecule has 0 saturated carbocycles. The first-order valence-electron chi connectivity index (χ1n) is 7.23. The van der Waals surface area contributed by atoms with E-state index in [9.17, 15) is 4.79 Å². The predicted molar refractivity (Wildman–Crippen MR) is 88.0 cm³/mol. The van der Waals surface area contributed by atoms with Crippen molar-refractivity contribution in [2.75, 3.05) is 31.3 Å². The van der Waals surface area contributed by atoms with Crippen molar-refractivity contribution in [3.8, 4) is 0 Å². The highest BCUT2D eigenvalue weighted by molar-refractivity contribution is 7.18. The van der Waals surface area contributed by atoms with Crippen molar-refractivity contribution in [3.63, 3.8) is 0 Å². The summed E-state index contributed by atoms with van der Waals surface area (Å²) in [4.78, 5) is 19.2. The zero-order valence-electron chi connectivity index (χ0n) is 13.5. The monoisotopic (exact) mass is 314 g/mol. The predicted octanol–water partition coefficient (Wildman–Crippen LogP) is 2.43. The maximum Gasteiger partial charge on any atom is 0.268 e. The first-order chi connectivity index (χ1) is 9.90. The van der Waals surface area contributed by atoms with E-state index in [0.29, 0.717) is 29.0 Å². The normalized spacial score (nSPS) is 12.5. The molecule has 6 nitrogen and oxygen atoms in total. The molecule has 1 rings (SSSR count). The summed E-state index contributed by atoms with van der Waals surface area (Å²) < 4.78 is 5.09. The van der Waals surface area contributed by atoms with Gasteiger partial charge in [0.15, 0.2) is 5.13 Å². The maximum absolute atomic E-state index is 12.7. The Balaban J connectivity index is 2.94. The van der Waals surface area contributed by atoms with Crippen LogP contribution in [0.15, 0.2) is 0 Å². The molecule has 0 radical (unpaired) electrons. The standard InChI is InChI=1S/C14H26N4O2S/c1-6-10(4)18(7-8-20-5)13(19)11-12(15)17-14(21-11)16-9(2)3/h9-10H,6-8,15H2,1-5H3,(H,16,17). The van der Waals surface area contributed by atoms with Gasteiger partial charge < -0.3 is 20.7 Å². The zero-order chi connectivity index (χ0) is 16.0. The lowest BCUT2D eigenvalue weighted by Crippen LogP contribution is -2.40. The van der Waals surface area contributed by atoms with Gasteiger partial charge in [0, 0.05) is 25.7 Å². The Hall–Kier alpha value is -1.34. The van der Waals surface area contributed by atoms with Crippen molar-refractivity contribution >= 4 is 28.2 Å². The van der Waals surface area contributed by atoms with E-state index in [1.165, 1.54) is 11.3 Å². The third kappa shape index (κ3) is 4.86. The molecule has 0 aliphatic heterocycles. The SMILES string of the molecule is CCC(C)N(CCOC)C(=O)c1sc(NC(C)C)nc1N. The van der Waals surface area contributed by atoms with E-state index in [1.807, 2.05) is 20.8 Å². The lowest BCUT2D eigenvalue weighted by Gasteiger charge is -2.27. The molecule has 3 N–H and O–H groups in total. The number of carbonyl (C=O) groups is 1. The number of nitrogen functional groups attached to an aromatic ring is 1. The summed E-state index contributed by atoms with van der Waals surface area (Å²) in [5, 5.41) is 3.86. The van der Waals surface area contributed by atoms with Crippen LogP contribution >= 0.6 is 11.3 Å². The Labute approximate surface area is 130 Å². The van der Waals surface area contributed by atoms with Crippen LogP contribution in [0.3, 0.4) is 0 Å². The number of aromatic nitrogens is 1. The molecule has 0 aliphatic rings. The molecule has 0 aliphatic carbocycles. The van der Waals surface area contributed by atoms with E-state index in [0.717, 1.165) is 6.42 Å². The van der Waals surface area contributed by atoms with E-state index in [-0.39, 0.29) is 18.0 Å². The van der Waals surface area contributed by atoms with Crippen LogP contribution in [0, 0.1) is 0 Å². The Morgan fingerprint density at radius 1 is 1.48 bits per heavy atom. The van der Waals surface area contributed by atoms with Gasteiger partial charge >= 0.3 is 0 Å². The average molecular weight is 314 g/mol. The van der Waals surface area contributed by atoms with E-state index in [2.05, 4.69) is 17.2 Å². The van der Waals surface area contributed by atoms with Gasteiger partial charge in [-0.05, 0) is 27.2 Å². The minimum atomic E-state index is -0.0757. The molecule has 1 atom stereocenters. The number of ether oxygens (including phenoxy) is 1. The summed E-state index contributed by atoms with van der Waals surface area (Å²) in [5.74, 6) is 0.215. The van der Waals surface area contributed by atoms with Crippen LogP contribution in [0.4, 0.5) is 10.9 Å². The van der Waals surface area contributed by atoms with Crippen LogP contribution < -0.4 is 11.1 Å². The molecule has 1 unspecified atom stereocenters. The summed E-state index contributed by atoms with van der Waals surface area (Å²) in [5.41, 5.74) is 5.91. The van der Waals surface area contributed by atoms with Crippen molar-refractivity contribution < 1.29 is 9.53 Å². The highest BCUT2D eigenvalue weighted by Gasteiger charge is 2.25. The second-order valence-corrected chi connectivity index (χ2v) is 6.28. The van der Waals surface area contributed by atoms with Crippen molar-refractivity contribution in [2.45, 2.75) is 46.2 Å². The number of nitrogens with two attached hydrogens (primary N) is 1. The van der Waals surface area contributed by atoms with Gasteiger partial charge in [-0.2, -0.15) is 0 Å². The molecule has 120 valence electrons. The van der Waals surface area contributed by atoms with Gasteiger partial charge in [-0.25, -0.2) is 4.98 Å². The van der Waals surface area contributed by atoms with Crippen LogP contribution in [0.2, 0.25) is 0 Å². The number of amides is 1. The number of thiazole rings is 1. The Bertz CT molecular complexity index is 462. The molecule has 0 fully saturated rings. The lowest BCUT2D eigenvalue weighted by atomic mass is 10.2. The van der Waals surface area contributed by atoms with E-state index < -0.39 is 0 Å². The lowest BCUT2D eigenvalue weighted by molar-refractivity contribution is 0.0619. The molecule has 0 spiro atoms. The molecule has 1 aromatic rings. The van der Waals surface area contributed by atoms with E-state index in [1.54, 1.807) is 12.0 Å². The summed E-state index contributed by atoms with van der Waals surface area (Å²) >= 11 is 1.31. The summed E-state index contributed by atoms with van der Waals surface area (Å²) in [6, 6.07) is 0.383. The fourth-order valence-electron chi connectivity index (χ4n) is 1.86. The summed E-state index contributed by atoms with van der Waals surface area (Å²) in [7, 11) is 1.63. The first-order valence-corrected chi connectivity index (χ1v) is 8.05. The van der Waals surface area contributed by atoms with Crippen molar-refractivity contribution in [3.05, 3.63) is 4.88 Å². The molecule has 1 heterocycles. The number of hydrogen-bond acceptors (Lipinski definition) is 6. The smallest absolute Gasteiger partial charge is 0.268 e. The minimum Gasteiger partial charge on any atom is -0.383 e. The molecular weight excluding hydrogens is 288 g/mol. The topological polar surface area (TPSA) is 80.5 Å². The van der Waals surface area contributed by atoms with Gasteiger partial charge in [0.05, 0.1) is 6.61 Å². The van der Waals surface area contributed by atoms with Gasteiger partial charge in [-0.3, -0.25) is 4.79 Å². The van der Waals surface area contributed by atoms with Crippen LogP contribution in [-0.4, -0.2) is 48.1 Å². The molecule has 1 amide bonds. The highest BCUT2D eigenvalue weighted by atomic mass is 32.1. The average Bonchev–Trinajstić information content (AvgIpc) is 2.78. The Kier molecular flexibility index (Phi) is 6.91. The third-order valence-corrected chi connectivity index (χ3v) is 4.17. The van der Waals surface area contributed by atoms with Crippen molar-refractivity contribution in [2.24, 2.45) is 0 Å². The molecule has 7 heteroatoms. The van der Waals surface area contributed by atoms with E-state index >= 15 is 0 Å². The van der Waals surface area contributed by atoms with Crippen LogP contribution in [0.5, 0.6) is 0 Å². The fraction of sp³-hybridized carbons (Fsp3) is 0.714. The number of rotatable bonds is 8. The number of carbonyl (C=O) groups excluding carboxylic acids is 1. The Morgan fingerprint density at radius 3 is 2.67 bits per heavy atom. The summed E-state index contributed by atoms with van der Waals surface area (Å²) in [6.45, 7) is 9.17. The first kappa shape index (κ1) is 17.7. The number of nitrogens with zero attached hydrogens (tertiary/aromatic N) is 2. The number of anilines is 2. The quantitative estimate of drug-likeness (QED) is 0.770. The zero-order valence-corrected chi connectivity index (χ0v) is 14.3. The van der Waals surface area contributed by atoms with Gasteiger partial charge in [0.2, 0.25) is 0 Å². The number of hydrogen-bond donors (Lipinski definition) is 2. The minimum absolute atomic E-state index is 0.0757. The van der Waals surface area contributed by atoms with Gasteiger partial charge in [0.25, 0.3) is 5.91 Å². The molecule has 0 saturated heterocycles. The molecule has 0 bridgehead atoms. The van der Waals surface area contributed by atoms with Gasteiger partial charge in [-0.15, -0.1) is 0 Å². The Morgan fingerprint density at radius 2 is 2.14 bits per heavy atom. The molecule has 21 heavy (non-hydrogen) atoms. The highest BCUT2D eigenvalue weighted by Crippen LogP contribution is 2.27. The number of nitrogens with one attached hydrogen (secondary N) is 1. The molecular formula is C14H26N4O2S. The van der Waals surface area contributed by atoms with Crippen molar-refractivity contribution in [1.29, 1.82) is 0 Å². The largest absolute Gasteiger partial charge is 0.383 e. The fourth-order valence-corrected chi connectivity index (χ4v) is 2.84. The van der Waals surface area contributed by atoms with Crippen LogP contribution in [-0.2, 0) is 4.74 Å². The van der Waals surface area contributed by atoms with E-state index in [4.69, 9.17) is 10.5 Å². The van der Waals surface area contributed by atoms with Crippen molar-refractivity contribution in [1.82, 2.24) is 9.88 Å². The van der Waals surface area contributed by atoms with Gasteiger partial charge in [-0.1, -0.05) is 18.3 Å². The maximum atomic E-state index is 12.7. The second kappa shape index (κ2) is 8.19. The van der Waals surface area contributed by atoms with Crippen LogP contribution in [0.1, 0.15) is 43.8 Å². The molecule has 1 aromatic heterocycles. The molecule has 0 aromatic carbocycles. The summed E-state index contributed by atoms with van der Waals surface area (Å²) in [6.07, 6.45) is 0.880. The second-order valence-electron chi connectivity index (χ2n) is 5.28. The van der Waals surface area contributed by atoms with Crippen LogP contribution in [0.25, 0.3) is 0 Å². The third-order valence-electron chi connectivity index (χ3n) is 3.18. The number of methoxy groups -OCH3 is 1.